The van der Waals surface area contributed by atoms with Gasteiger partial charge in [-0.05, 0) is 30.4 Å². The fourth-order valence-corrected chi connectivity index (χ4v) is 2.90. The topological polar surface area (TPSA) is 25.8 Å². The molecule has 2 rings (SSSR count). The molecule has 0 saturated heterocycles. The van der Waals surface area contributed by atoms with E-state index in [0.29, 0.717) is 10.4 Å². The highest BCUT2D eigenvalue weighted by Gasteiger charge is 2.22. The molecule has 0 N–H and O–H groups in total. The fraction of sp³-hybridized carbons (Fsp3) is 0.778. The first kappa shape index (κ1) is 9.41. The zero-order chi connectivity index (χ0) is 9.26. The van der Waals surface area contributed by atoms with Crippen LogP contribution in [0.25, 0.3) is 0 Å². The highest BCUT2D eigenvalue weighted by atomic mass is 35.5. The molecule has 0 bridgehead atoms. The first-order valence-electron chi connectivity index (χ1n) is 4.74. The van der Waals surface area contributed by atoms with Crippen molar-refractivity contribution in [3.8, 4) is 0 Å². The van der Waals surface area contributed by atoms with Gasteiger partial charge in [0, 0.05) is 5.92 Å². The van der Waals surface area contributed by atoms with Crippen molar-refractivity contribution in [1.82, 2.24) is 10.2 Å². The molecule has 0 amide bonds. The Kier molecular flexibility index (Phi) is 2.84. The van der Waals surface area contributed by atoms with Gasteiger partial charge in [-0.25, -0.2) is 0 Å². The van der Waals surface area contributed by atoms with Crippen molar-refractivity contribution in [1.29, 1.82) is 0 Å². The molecule has 0 unspecified atom stereocenters. The Hall–Kier alpha value is -0.150. The third kappa shape index (κ3) is 2.20. The predicted octanol–water partition coefficient (Wildman–Crippen LogP) is 3.49. The minimum Gasteiger partial charge on any atom is -0.142 e. The Morgan fingerprint density at radius 3 is 2.46 bits per heavy atom. The molecule has 0 atom stereocenters. The summed E-state index contributed by atoms with van der Waals surface area (Å²) in [6.45, 7) is 2.32. The largest absolute Gasteiger partial charge is 0.207 e. The fourth-order valence-electron chi connectivity index (χ4n) is 1.89. The van der Waals surface area contributed by atoms with E-state index in [1.165, 1.54) is 37.0 Å². The predicted molar refractivity (Wildman–Crippen MR) is 55.3 cm³/mol. The smallest absolute Gasteiger partial charge is 0.142 e. The molecule has 0 aliphatic heterocycles. The Morgan fingerprint density at radius 1 is 1.23 bits per heavy atom. The minimum absolute atomic E-state index is 0.577. The lowest BCUT2D eigenvalue weighted by Gasteiger charge is -2.23. The van der Waals surface area contributed by atoms with Gasteiger partial charge in [0.05, 0.1) is 0 Å². The second-order valence-corrected chi connectivity index (χ2v) is 5.44. The van der Waals surface area contributed by atoms with Crippen molar-refractivity contribution in [2.45, 2.75) is 38.5 Å². The Labute approximate surface area is 87.3 Å². The van der Waals surface area contributed by atoms with Crippen LogP contribution in [-0.4, -0.2) is 10.2 Å². The maximum atomic E-state index is 5.75. The van der Waals surface area contributed by atoms with Crippen LogP contribution in [0.2, 0.25) is 4.47 Å². The second kappa shape index (κ2) is 3.93. The zero-order valence-corrected chi connectivity index (χ0v) is 9.24. The second-order valence-electron chi connectivity index (χ2n) is 3.85. The van der Waals surface area contributed by atoms with Gasteiger partial charge in [-0.15, -0.1) is 10.2 Å². The lowest BCUT2D eigenvalue weighted by Crippen LogP contribution is -2.10. The summed E-state index contributed by atoms with van der Waals surface area (Å²) in [6.07, 6.45) is 5.16. The molecule has 2 nitrogen and oxygen atoms in total. The van der Waals surface area contributed by atoms with Crippen LogP contribution in [0, 0.1) is 5.92 Å². The molecular formula is C9H13ClN2S. The van der Waals surface area contributed by atoms with Crippen LogP contribution in [0.5, 0.6) is 0 Å². The van der Waals surface area contributed by atoms with Crippen LogP contribution >= 0.6 is 22.9 Å². The van der Waals surface area contributed by atoms with E-state index in [9.17, 15) is 0 Å². The molecular weight excluding hydrogens is 204 g/mol. The van der Waals surface area contributed by atoms with Gasteiger partial charge in [0.15, 0.2) is 0 Å². The molecule has 0 spiro atoms. The molecule has 1 aliphatic rings. The summed E-state index contributed by atoms with van der Waals surface area (Å²) in [5.41, 5.74) is 0. The molecule has 1 saturated carbocycles. The van der Waals surface area contributed by atoms with E-state index >= 15 is 0 Å². The van der Waals surface area contributed by atoms with Crippen LogP contribution in [0.1, 0.15) is 43.5 Å². The molecule has 1 aromatic rings. The highest BCUT2D eigenvalue weighted by Crippen LogP contribution is 2.37. The van der Waals surface area contributed by atoms with Crippen LogP contribution < -0.4 is 0 Å². The van der Waals surface area contributed by atoms with Gasteiger partial charge in [0.2, 0.25) is 4.47 Å². The summed E-state index contributed by atoms with van der Waals surface area (Å²) in [5, 5.41) is 9.08. The number of nitrogens with zero attached hydrogens (tertiary/aromatic N) is 2. The molecule has 1 heterocycles. The van der Waals surface area contributed by atoms with Gasteiger partial charge in [-0.2, -0.15) is 0 Å². The van der Waals surface area contributed by atoms with Crippen molar-refractivity contribution in [2.24, 2.45) is 5.92 Å². The van der Waals surface area contributed by atoms with Crippen molar-refractivity contribution >= 4 is 22.9 Å². The highest BCUT2D eigenvalue weighted by molar-refractivity contribution is 7.15. The first-order chi connectivity index (χ1) is 6.25. The Balaban J connectivity index is 2.02. The molecule has 0 radical (unpaired) electrons. The molecule has 1 aliphatic carbocycles. The summed E-state index contributed by atoms with van der Waals surface area (Å²) in [4.78, 5) is 0. The van der Waals surface area contributed by atoms with Gasteiger partial charge < -0.3 is 0 Å². The van der Waals surface area contributed by atoms with E-state index in [4.69, 9.17) is 11.6 Å². The number of aromatic nitrogens is 2. The maximum absolute atomic E-state index is 5.75. The van der Waals surface area contributed by atoms with Crippen LogP contribution in [0.15, 0.2) is 0 Å². The van der Waals surface area contributed by atoms with E-state index < -0.39 is 0 Å². The third-order valence-corrected chi connectivity index (χ3v) is 3.96. The standard InChI is InChI=1S/C9H13ClN2S/c1-6-2-4-7(5-3-6)8-11-12-9(10)13-8/h6-7H,2-5H2,1H3. The lowest BCUT2D eigenvalue weighted by atomic mass is 9.83. The number of hydrogen-bond acceptors (Lipinski definition) is 3. The van der Waals surface area contributed by atoms with Gasteiger partial charge in [0.25, 0.3) is 0 Å². The van der Waals surface area contributed by atoms with E-state index in [1.807, 2.05) is 0 Å². The van der Waals surface area contributed by atoms with Gasteiger partial charge >= 0.3 is 0 Å². The number of halogens is 1. The molecule has 4 heteroatoms. The van der Waals surface area contributed by atoms with Gasteiger partial charge in [-0.1, -0.05) is 31.1 Å². The lowest BCUT2D eigenvalue weighted by molar-refractivity contribution is 0.346. The number of rotatable bonds is 1. The van der Waals surface area contributed by atoms with Gasteiger partial charge in [0.1, 0.15) is 5.01 Å². The summed E-state index contributed by atoms with van der Waals surface area (Å²) < 4.78 is 0.577. The molecule has 13 heavy (non-hydrogen) atoms. The minimum atomic E-state index is 0.577. The van der Waals surface area contributed by atoms with Crippen LogP contribution in [0.4, 0.5) is 0 Å². The van der Waals surface area contributed by atoms with Crippen molar-refractivity contribution < 1.29 is 0 Å². The van der Waals surface area contributed by atoms with Crippen molar-refractivity contribution in [3.63, 3.8) is 0 Å². The third-order valence-electron chi connectivity index (χ3n) is 2.78. The Bertz CT molecular complexity index is 279. The van der Waals surface area contributed by atoms with E-state index in [2.05, 4.69) is 17.1 Å². The van der Waals surface area contributed by atoms with Crippen molar-refractivity contribution in [3.05, 3.63) is 9.47 Å². The number of hydrogen-bond donors (Lipinski definition) is 0. The molecule has 72 valence electrons. The summed E-state index contributed by atoms with van der Waals surface area (Å²) in [7, 11) is 0. The molecule has 1 aromatic heterocycles. The average molecular weight is 217 g/mol. The van der Waals surface area contributed by atoms with Gasteiger partial charge in [-0.3, -0.25) is 0 Å². The van der Waals surface area contributed by atoms with E-state index in [1.54, 1.807) is 0 Å². The molecule has 0 aromatic carbocycles. The van der Waals surface area contributed by atoms with E-state index in [-0.39, 0.29) is 0 Å². The first-order valence-corrected chi connectivity index (χ1v) is 5.94. The average Bonchev–Trinajstić information content (AvgIpc) is 2.53. The van der Waals surface area contributed by atoms with Crippen LogP contribution in [0.3, 0.4) is 0 Å². The van der Waals surface area contributed by atoms with Crippen molar-refractivity contribution in [2.75, 3.05) is 0 Å². The van der Waals surface area contributed by atoms with Crippen LogP contribution in [-0.2, 0) is 0 Å². The maximum Gasteiger partial charge on any atom is 0.207 e. The normalized spacial score (nSPS) is 29.1. The zero-order valence-electron chi connectivity index (χ0n) is 7.66. The SMILES string of the molecule is CC1CCC(c2nnc(Cl)s2)CC1. The summed E-state index contributed by atoms with van der Waals surface area (Å²) in [5.74, 6) is 1.51. The molecule has 1 fully saturated rings. The van der Waals surface area contributed by atoms with E-state index in [0.717, 1.165) is 10.9 Å². The summed E-state index contributed by atoms with van der Waals surface area (Å²) >= 11 is 7.29. The summed E-state index contributed by atoms with van der Waals surface area (Å²) in [6, 6.07) is 0. The Morgan fingerprint density at radius 2 is 1.92 bits per heavy atom. The quantitative estimate of drug-likeness (QED) is 0.718. The monoisotopic (exact) mass is 216 g/mol.